The lowest BCUT2D eigenvalue weighted by Crippen LogP contribution is -2.23. The van der Waals surface area contributed by atoms with Gasteiger partial charge < -0.3 is 10.1 Å². The van der Waals surface area contributed by atoms with E-state index in [-0.39, 0.29) is 11.9 Å². The molecular weight excluding hydrogens is 588 g/mol. The van der Waals surface area contributed by atoms with Crippen molar-refractivity contribution < 1.29 is 14.3 Å². The smallest absolute Gasteiger partial charge is 0.324 e. The van der Waals surface area contributed by atoms with E-state index >= 15 is 0 Å². The minimum absolute atomic E-state index is 0.123. The summed E-state index contributed by atoms with van der Waals surface area (Å²) in [5.41, 5.74) is 5.48. The Balaban J connectivity index is 1.08. The Morgan fingerprint density at radius 2 is 1.76 bits per heavy atom. The predicted molar refractivity (Wildman–Crippen MR) is 175 cm³/mol. The largest absolute Gasteiger partial charge is 0.424 e. The molecule has 0 aliphatic carbocycles. The summed E-state index contributed by atoms with van der Waals surface area (Å²) in [4.78, 5) is 40.6. The van der Waals surface area contributed by atoms with Crippen LogP contribution in [0.5, 0.6) is 11.8 Å². The maximum absolute atomic E-state index is 13.0. The lowest BCUT2D eigenvalue weighted by atomic mass is 10.1. The van der Waals surface area contributed by atoms with Crippen molar-refractivity contribution in [1.82, 2.24) is 24.7 Å². The Bertz CT molecular complexity index is 1830. The average Bonchev–Trinajstić information content (AvgIpc) is 3.76. The Morgan fingerprint density at radius 3 is 2.44 bits per heavy atom. The molecule has 4 heterocycles. The van der Waals surface area contributed by atoms with Crippen molar-refractivity contribution in [3.63, 3.8) is 0 Å². The molecule has 5 aromatic rings. The van der Waals surface area contributed by atoms with Crippen molar-refractivity contribution in [3.05, 3.63) is 83.9 Å². The number of anilines is 3. The number of carbonyl (C=O) groups is 2. The van der Waals surface area contributed by atoms with E-state index in [0.717, 1.165) is 51.9 Å². The SMILES string of the molecule is Cc1ccc(-n2nc(CC(C)C)cc2NC(=O)Nc2cnc(Oc3ccc(-c4cnc(N5CCCC5=O)s4)cc3)nc2)cc1C. The summed E-state index contributed by atoms with van der Waals surface area (Å²) >= 11 is 1.49. The molecule has 2 N–H and O–H groups in total. The van der Waals surface area contributed by atoms with E-state index in [1.165, 1.54) is 29.3 Å². The van der Waals surface area contributed by atoms with Gasteiger partial charge in [-0.3, -0.25) is 15.0 Å². The van der Waals surface area contributed by atoms with Crippen molar-refractivity contribution >= 4 is 39.9 Å². The Morgan fingerprint density at radius 1 is 0.978 bits per heavy atom. The normalized spacial score (nSPS) is 13.0. The van der Waals surface area contributed by atoms with Gasteiger partial charge in [-0.15, -0.1) is 0 Å². The van der Waals surface area contributed by atoms with E-state index in [2.05, 4.69) is 59.3 Å². The fraction of sp³-hybridized carbons (Fsp3) is 0.273. The van der Waals surface area contributed by atoms with Gasteiger partial charge in [-0.1, -0.05) is 31.3 Å². The van der Waals surface area contributed by atoms with Crippen LogP contribution in [0.1, 0.15) is 43.5 Å². The molecule has 1 fully saturated rings. The molecule has 3 amide bonds. The molecule has 0 unspecified atom stereocenters. The van der Waals surface area contributed by atoms with Gasteiger partial charge in [-0.2, -0.15) is 5.10 Å². The van der Waals surface area contributed by atoms with Crippen LogP contribution in [0.3, 0.4) is 0 Å². The second-order valence-corrected chi connectivity index (χ2v) is 12.4. The summed E-state index contributed by atoms with van der Waals surface area (Å²) in [7, 11) is 0. The highest BCUT2D eigenvalue weighted by Crippen LogP contribution is 2.34. The number of aryl methyl sites for hydroxylation is 2. The molecule has 1 aliphatic rings. The first-order valence-electron chi connectivity index (χ1n) is 14.8. The van der Waals surface area contributed by atoms with Crippen LogP contribution in [0.25, 0.3) is 16.1 Å². The number of rotatable bonds is 9. The first-order valence-corrected chi connectivity index (χ1v) is 15.6. The monoisotopic (exact) mass is 622 g/mol. The van der Waals surface area contributed by atoms with E-state index in [4.69, 9.17) is 9.84 Å². The number of hydrogen-bond donors (Lipinski definition) is 2. The Kier molecular flexibility index (Phi) is 8.56. The molecule has 45 heavy (non-hydrogen) atoms. The third kappa shape index (κ3) is 7.01. The molecule has 12 heteroatoms. The van der Waals surface area contributed by atoms with E-state index in [1.54, 1.807) is 15.8 Å². The molecule has 2 aromatic carbocycles. The molecule has 230 valence electrons. The summed E-state index contributed by atoms with van der Waals surface area (Å²) in [6.07, 6.45) is 6.99. The zero-order valence-electron chi connectivity index (χ0n) is 25.6. The Hall–Kier alpha value is -5.10. The zero-order chi connectivity index (χ0) is 31.5. The summed E-state index contributed by atoms with van der Waals surface area (Å²) < 4.78 is 7.57. The second kappa shape index (κ2) is 12.9. The third-order valence-corrected chi connectivity index (χ3v) is 8.46. The second-order valence-electron chi connectivity index (χ2n) is 11.4. The number of hydrogen-bond acceptors (Lipinski definition) is 8. The van der Waals surface area contributed by atoms with Crippen LogP contribution in [0.4, 0.5) is 21.4 Å². The highest BCUT2D eigenvalue weighted by atomic mass is 32.1. The highest BCUT2D eigenvalue weighted by Gasteiger charge is 2.24. The quantitative estimate of drug-likeness (QED) is 0.178. The molecule has 1 aliphatic heterocycles. The van der Waals surface area contributed by atoms with Crippen LogP contribution in [0.15, 0.2) is 67.1 Å². The summed E-state index contributed by atoms with van der Waals surface area (Å²) in [6, 6.07) is 15.2. The number of ether oxygens (including phenoxy) is 1. The number of aromatic nitrogens is 5. The number of nitrogens with zero attached hydrogens (tertiary/aromatic N) is 6. The molecule has 1 saturated heterocycles. The summed E-state index contributed by atoms with van der Waals surface area (Å²) in [6.45, 7) is 9.10. The lowest BCUT2D eigenvalue weighted by Gasteiger charge is -2.11. The highest BCUT2D eigenvalue weighted by molar-refractivity contribution is 7.19. The van der Waals surface area contributed by atoms with E-state index in [1.807, 2.05) is 42.5 Å². The van der Waals surface area contributed by atoms with Crippen molar-refractivity contribution in [2.45, 2.75) is 47.0 Å². The molecule has 0 bridgehead atoms. The maximum atomic E-state index is 13.0. The molecule has 0 atom stereocenters. The molecule has 0 spiro atoms. The molecular formula is C33H34N8O3S. The van der Waals surface area contributed by atoms with Gasteiger partial charge in [0.2, 0.25) is 5.91 Å². The van der Waals surface area contributed by atoms with Crippen LogP contribution >= 0.6 is 11.3 Å². The average molecular weight is 623 g/mol. The fourth-order valence-corrected chi connectivity index (χ4v) is 5.93. The van der Waals surface area contributed by atoms with Crippen LogP contribution in [-0.4, -0.2) is 43.2 Å². The number of nitrogens with one attached hydrogen (secondary N) is 2. The van der Waals surface area contributed by atoms with Crippen LogP contribution in [0.2, 0.25) is 0 Å². The standard InChI is InChI=1S/C33H34N8O3S/c1-20(2)14-24-16-29(41(39-24)26-10-7-21(3)22(4)15-26)38-31(43)37-25-17-34-32(35-18-25)44-27-11-8-23(9-12-27)28-19-36-33(45-28)40-13-5-6-30(40)42/h7-12,15-20H,5-6,13-14H2,1-4H3,(H2,37,38,43). The van der Waals surface area contributed by atoms with E-state index in [0.29, 0.717) is 29.6 Å². The summed E-state index contributed by atoms with van der Waals surface area (Å²) in [5, 5.41) is 11.2. The van der Waals surface area contributed by atoms with Crippen LogP contribution in [-0.2, 0) is 11.2 Å². The number of urea groups is 1. The van der Waals surface area contributed by atoms with E-state index < -0.39 is 6.03 Å². The van der Waals surface area contributed by atoms with Gasteiger partial charge in [-0.05, 0) is 85.7 Å². The van der Waals surface area contributed by atoms with Gasteiger partial charge in [0.05, 0.1) is 34.3 Å². The fourth-order valence-electron chi connectivity index (χ4n) is 4.97. The topological polar surface area (TPSA) is 127 Å². The minimum Gasteiger partial charge on any atom is -0.424 e. The first-order chi connectivity index (χ1) is 21.7. The number of thiazole rings is 1. The van der Waals surface area contributed by atoms with Gasteiger partial charge in [-0.25, -0.2) is 24.4 Å². The van der Waals surface area contributed by atoms with Gasteiger partial charge in [0.25, 0.3) is 0 Å². The third-order valence-electron chi connectivity index (χ3n) is 7.39. The number of carbonyl (C=O) groups excluding carboxylic acids is 2. The van der Waals surface area contributed by atoms with Crippen molar-refractivity contribution in [2.24, 2.45) is 5.92 Å². The number of benzene rings is 2. The van der Waals surface area contributed by atoms with E-state index in [9.17, 15) is 9.59 Å². The molecule has 0 radical (unpaired) electrons. The van der Waals surface area contributed by atoms with Gasteiger partial charge in [0, 0.05) is 25.2 Å². The molecule has 6 rings (SSSR count). The Labute approximate surface area is 265 Å². The molecule has 0 saturated carbocycles. The van der Waals surface area contributed by atoms with Crippen molar-refractivity contribution in [3.8, 4) is 27.9 Å². The predicted octanol–water partition coefficient (Wildman–Crippen LogP) is 7.16. The molecule has 3 aromatic heterocycles. The lowest BCUT2D eigenvalue weighted by molar-refractivity contribution is -0.117. The maximum Gasteiger partial charge on any atom is 0.324 e. The van der Waals surface area contributed by atoms with Crippen molar-refractivity contribution in [1.29, 1.82) is 0 Å². The first kappa shape index (κ1) is 29.9. The van der Waals surface area contributed by atoms with Crippen LogP contribution < -0.4 is 20.3 Å². The zero-order valence-corrected chi connectivity index (χ0v) is 26.4. The van der Waals surface area contributed by atoms with Gasteiger partial charge >= 0.3 is 12.0 Å². The molecule has 11 nitrogen and oxygen atoms in total. The van der Waals surface area contributed by atoms with Crippen LogP contribution in [0, 0.1) is 19.8 Å². The van der Waals surface area contributed by atoms with Gasteiger partial charge in [0.15, 0.2) is 5.13 Å². The van der Waals surface area contributed by atoms with Crippen molar-refractivity contribution in [2.75, 3.05) is 22.1 Å². The minimum atomic E-state index is -0.441. The van der Waals surface area contributed by atoms with Gasteiger partial charge in [0.1, 0.15) is 11.6 Å². The summed E-state index contributed by atoms with van der Waals surface area (Å²) in [5.74, 6) is 1.67. The number of amides is 3.